The average molecular weight is 310 g/mol. The fourth-order valence-electron chi connectivity index (χ4n) is 2.44. The number of furan rings is 1. The third-order valence-corrected chi connectivity index (χ3v) is 3.58. The van der Waals surface area contributed by atoms with Crippen molar-refractivity contribution in [2.24, 2.45) is 0 Å². The number of aryl methyl sites for hydroxylation is 1. The lowest BCUT2D eigenvalue weighted by Crippen LogP contribution is -2.26. The van der Waals surface area contributed by atoms with Crippen molar-refractivity contribution < 1.29 is 9.21 Å². The highest BCUT2D eigenvalue weighted by Gasteiger charge is 2.14. The minimum absolute atomic E-state index is 0.0524. The molecule has 1 aromatic carbocycles. The average Bonchev–Trinajstić information content (AvgIpc) is 2.93. The van der Waals surface area contributed by atoms with Gasteiger partial charge in [0.2, 0.25) is 5.95 Å². The number of nitrogens with one attached hydrogen (secondary N) is 1. The molecule has 0 fully saturated rings. The van der Waals surface area contributed by atoms with E-state index in [4.69, 9.17) is 4.42 Å². The molecule has 0 saturated carbocycles. The molecular weight excluding hydrogens is 292 g/mol. The summed E-state index contributed by atoms with van der Waals surface area (Å²) < 4.78 is 5.53. The lowest BCUT2D eigenvalue weighted by Gasteiger charge is -2.17. The summed E-state index contributed by atoms with van der Waals surface area (Å²) in [6.07, 6.45) is 3.43. The molecule has 1 amide bonds. The van der Waals surface area contributed by atoms with E-state index in [1.165, 1.54) is 0 Å². The molecule has 1 N–H and O–H groups in total. The van der Waals surface area contributed by atoms with Crippen molar-refractivity contribution in [2.75, 3.05) is 19.4 Å². The molecule has 0 spiro atoms. The van der Waals surface area contributed by atoms with Gasteiger partial charge < -0.3 is 14.6 Å². The monoisotopic (exact) mass is 310 g/mol. The summed E-state index contributed by atoms with van der Waals surface area (Å²) in [5, 5.41) is 3.80. The van der Waals surface area contributed by atoms with Crippen molar-refractivity contribution in [1.29, 1.82) is 0 Å². The van der Waals surface area contributed by atoms with Gasteiger partial charge in [-0.3, -0.25) is 4.79 Å². The van der Waals surface area contributed by atoms with Gasteiger partial charge in [0.25, 0.3) is 5.91 Å². The van der Waals surface area contributed by atoms with Crippen LogP contribution in [-0.4, -0.2) is 34.9 Å². The number of hydrogen-bond donors (Lipinski definition) is 1. The third kappa shape index (κ3) is 3.15. The predicted molar refractivity (Wildman–Crippen MR) is 88.3 cm³/mol. The Morgan fingerprint density at radius 2 is 2.00 bits per heavy atom. The van der Waals surface area contributed by atoms with Crippen molar-refractivity contribution in [3.05, 3.63) is 53.5 Å². The molecule has 0 atom stereocenters. The number of amides is 1. The summed E-state index contributed by atoms with van der Waals surface area (Å²) in [6.45, 7) is 2.34. The Morgan fingerprint density at radius 1 is 1.26 bits per heavy atom. The van der Waals surface area contributed by atoms with Gasteiger partial charge in [0.05, 0.1) is 0 Å². The van der Waals surface area contributed by atoms with Crippen molar-refractivity contribution in [3.8, 4) is 0 Å². The van der Waals surface area contributed by atoms with E-state index in [1.54, 1.807) is 37.5 Å². The zero-order valence-corrected chi connectivity index (χ0v) is 13.3. The highest BCUT2D eigenvalue weighted by Crippen LogP contribution is 2.21. The normalized spacial score (nSPS) is 10.7. The second kappa shape index (κ2) is 6.08. The minimum atomic E-state index is -0.0524. The van der Waals surface area contributed by atoms with Crippen LogP contribution in [0.5, 0.6) is 0 Å². The van der Waals surface area contributed by atoms with Crippen molar-refractivity contribution >= 4 is 22.8 Å². The number of anilines is 1. The first-order valence-electron chi connectivity index (χ1n) is 7.31. The summed E-state index contributed by atoms with van der Waals surface area (Å²) in [7, 11) is 3.53. The molecule has 0 aliphatic rings. The molecule has 3 rings (SSSR count). The van der Waals surface area contributed by atoms with Crippen LogP contribution in [0.25, 0.3) is 11.0 Å². The first-order chi connectivity index (χ1) is 11.1. The van der Waals surface area contributed by atoms with Gasteiger partial charge in [-0.05, 0) is 31.2 Å². The highest BCUT2D eigenvalue weighted by atomic mass is 16.3. The standard InChI is InChI=1S/C17H18N4O2/c1-11-6-14-7-13(4-5-15(14)23-11)16(22)21(3)10-12-8-19-17(18-2)20-9-12/h4-9H,10H2,1-3H3,(H,18,19,20). The van der Waals surface area contributed by atoms with Crippen LogP contribution in [0.2, 0.25) is 0 Å². The second-order valence-electron chi connectivity index (χ2n) is 5.44. The van der Waals surface area contributed by atoms with E-state index in [1.807, 2.05) is 25.1 Å². The van der Waals surface area contributed by atoms with Gasteiger partial charge in [-0.1, -0.05) is 0 Å². The SMILES string of the molecule is CNc1ncc(CN(C)C(=O)c2ccc3oc(C)cc3c2)cn1. The fraction of sp³-hybridized carbons (Fsp3) is 0.235. The number of aromatic nitrogens is 2. The predicted octanol–water partition coefficient (Wildman–Crippen LogP) is 2.85. The summed E-state index contributed by atoms with van der Waals surface area (Å²) >= 11 is 0. The van der Waals surface area contributed by atoms with Crippen LogP contribution in [-0.2, 0) is 6.54 Å². The molecule has 6 heteroatoms. The van der Waals surface area contributed by atoms with Gasteiger partial charge >= 0.3 is 0 Å². The molecule has 2 aromatic heterocycles. The molecule has 0 saturated heterocycles. The van der Waals surface area contributed by atoms with E-state index >= 15 is 0 Å². The van der Waals surface area contributed by atoms with Crippen LogP contribution >= 0.6 is 0 Å². The van der Waals surface area contributed by atoms with Gasteiger partial charge in [0.15, 0.2) is 0 Å². The minimum Gasteiger partial charge on any atom is -0.461 e. The Morgan fingerprint density at radius 3 is 2.70 bits per heavy atom. The number of hydrogen-bond acceptors (Lipinski definition) is 5. The number of carbonyl (C=O) groups is 1. The molecule has 6 nitrogen and oxygen atoms in total. The molecule has 3 aromatic rings. The Bertz CT molecular complexity index is 839. The van der Waals surface area contributed by atoms with E-state index < -0.39 is 0 Å². The maximum absolute atomic E-state index is 12.6. The van der Waals surface area contributed by atoms with Crippen LogP contribution in [0.15, 0.2) is 41.1 Å². The summed E-state index contributed by atoms with van der Waals surface area (Å²) in [6, 6.07) is 7.39. The molecule has 0 aliphatic carbocycles. The molecule has 0 bridgehead atoms. The van der Waals surface area contributed by atoms with Crippen molar-refractivity contribution in [2.45, 2.75) is 13.5 Å². The summed E-state index contributed by atoms with van der Waals surface area (Å²) in [5.74, 6) is 1.34. The van der Waals surface area contributed by atoms with Gasteiger partial charge in [0, 0.05) is 49.5 Å². The molecule has 118 valence electrons. The summed E-state index contributed by atoms with van der Waals surface area (Å²) in [4.78, 5) is 22.5. The quantitative estimate of drug-likeness (QED) is 0.802. The number of nitrogens with zero attached hydrogens (tertiary/aromatic N) is 3. The lowest BCUT2D eigenvalue weighted by atomic mass is 10.1. The van der Waals surface area contributed by atoms with Gasteiger partial charge in [-0.2, -0.15) is 0 Å². The first-order valence-corrected chi connectivity index (χ1v) is 7.31. The summed E-state index contributed by atoms with van der Waals surface area (Å²) in [5.41, 5.74) is 2.30. The van der Waals surface area contributed by atoms with Gasteiger partial charge in [-0.15, -0.1) is 0 Å². The zero-order chi connectivity index (χ0) is 16.4. The van der Waals surface area contributed by atoms with Crippen LogP contribution in [0.3, 0.4) is 0 Å². The largest absolute Gasteiger partial charge is 0.461 e. The van der Waals surface area contributed by atoms with E-state index in [0.29, 0.717) is 18.1 Å². The highest BCUT2D eigenvalue weighted by molar-refractivity contribution is 5.97. The zero-order valence-electron chi connectivity index (χ0n) is 13.3. The van der Waals surface area contributed by atoms with Crippen molar-refractivity contribution in [1.82, 2.24) is 14.9 Å². The number of fused-ring (bicyclic) bond motifs is 1. The molecule has 0 radical (unpaired) electrons. The van der Waals surface area contributed by atoms with Gasteiger partial charge in [0.1, 0.15) is 11.3 Å². The Kier molecular flexibility index (Phi) is 3.97. The number of carbonyl (C=O) groups excluding carboxylic acids is 1. The van der Waals surface area contributed by atoms with Crippen LogP contribution in [0.4, 0.5) is 5.95 Å². The molecule has 2 heterocycles. The van der Waals surface area contributed by atoms with E-state index in [0.717, 1.165) is 22.3 Å². The first kappa shape index (κ1) is 15.0. The van der Waals surface area contributed by atoms with Crippen LogP contribution in [0, 0.1) is 6.92 Å². The number of rotatable bonds is 4. The topological polar surface area (TPSA) is 71.3 Å². The Labute approximate surface area is 134 Å². The van der Waals surface area contributed by atoms with Crippen LogP contribution < -0.4 is 5.32 Å². The van der Waals surface area contributed by atoms with Crippen molar-refractivity contribution in [3.63, 3.8) is 0 Å². The van der Waals surface area contributed by atoms with E-state index in [-0.39, 0.29) is 5.91 Å². The molecule has 23 heavy (non-hydrogen) atoms. The number of benzene rings is 1. The second-order valence-corrected chi connectivity index (χ2v) is 5.44. The maximum Gasteiger partial charge on any atom is 0.253 e. The van der Waals surface area contributed by atoms with E-state index in [2.05, 4.69) is 15.3 Å². The molecular formula is C17H18N4O2. The van der Waals surface area contributed by atoms with Crippen LogP contribution in [0.1, 0.15) is 21.7 Å². The Balaban J connectivity index is 1.76. The fourth-order valence-corrected chi connectivity index (χ4v) is 2.44. The maximum atomic E-state index is 12.6. The smallest absolute Gasteiger partial charge is 0.253 e. The molecule has 0 unspecified atom stereocenters. The Hall–Kier alpha value is -2.89. The third-order valence-electron chi connectivity index (χ3n) is 3.58. The van der Waals surface area contributed by atoms with E-state index in [9.17, 15) is 4.79 Å². The molecule has 0 aliphatic heterocycles. The lowest BCUT2D eigenvalue weighted by molar-refractivity contribution is 0.0785. The van der Waals surface area contributed by atoms with Gasteiger partial charge in [-0.25, -0.2) is 9.97 Å².